The predicted octanol–water partition coefficient (Wildman–Crippen LogP) is 4.24. The van der Waals surface area contributed by atoms with Gasteiger partial charge >= 0.3 is 0 Å². The van der Waals surface area contributed by atoms with Crippen molar-refractivity contribution in [3.63, 3.8) is 0 Å². The maximum absolute atomic E-state index is 13.8. The van der Waals surface area contributed by atoms with Crippen molar-refractivity contribution in [1.82, 2.24) is 0 Å². The van der Waals surface area contributed by atoms with E-state index in [0.717, 1.165) is 9.13 Å². The third-order valence-corrected chi connectivity index (χ3v) is 3.43. The first-order valence-corrected chi connectivity index (χ1v) is 6.63. The number of para-hydroxylation sites is 1. The summed E-state index contributed by atoms with van der Waals surface area (Å²) in [6, 6.07) is 12.1. The molecule has 2 aromatic carbocycles. The average Bonchev–Trinajstić information content (AvgIpc) is 2.34. The SMILES string of the molecule is C[C@H](N)c1ccc(Oc2ccccc2I)c(F)c1. The van der Waals surface area contributed by atoms with Crippen molar-refractivity contribution in [2.24, 2.45) is 5.73 Å². The molecule has 18 heavy (non-hydrogen) atoms. The minimum atomic E-state index is -0.399. The summed E-state index contributed by atoms with van der Waals surface area (Å²) in [6.07, 6.45) is 0. The van der Waals surface area contributed by atoms with E-state index in [0.29, 0.717) is 5.75 Å². The van der Waals surface area contributed by atoms with Crippen LogP contribution >= 0.6 is 22.6 Å². The number of ether oxygens (including phenoxy) is 1. The Kier molecular flexibility index (Phi) is 4.19. The van der Waals surface area contributed by atoms with E-state index in [2.05, 4.69) is 22.6 Å². The maximum atomic E-state index is 13.8. The number of benzene rings is 2. The number of halogens is 2. The van der Waals surface area contributed by atoms with Crippen molar-refractivity contribution in [3.8, 4) is 11.5 Å². The molecule has 0 bridgehead atoms. The summed E-state index contributed by atoms with van der Waals surface area (Å²) >= 11 is 2.15. The Morgan fingerprint density at radius 2 is 1.89 bits per heavy atom. The minimum absolute atomic E-state index is 0.189. The normalized spacial score (nSPS) is 12.2. The molecule has 2 nitrogen and oxygen atoms in total. The van der Waals surface area contributed by atoms with Gasteiger partial charge in [-0.15, -0.1) is 0 Å². The van der Waals surface area contributed by atoms with Gasteiger partial charge in [-0.2, -0.15) is 0 Å². The average molecular weight is 357 g/mol. The third kappa shape index (κ3) is 3.00. The Morgan fingerprint density at radius 3 is 2.50 bits per heavy atom. The molecule has 94 valence electrons. The molecule has 0 saturated carbocycles. The van der Waals surface area contributed by atoms with Crippen LogP contribution in [-0.2, 0) is 0 Å². The molecule has 0 aromatic heterocycles. The molecule has 0 saturated heterocycles. The second-order valence-electron chi connectivity index (χ2n) is 4.01. The molecule has 2 N–H and O–H groups in total. The number of hydrogen-bond acceptors (Lipinski definition) is 2. The predicted molar refractivity (Wildman–Crippen MR) is 78.2 cm³/mol. The van der Waals surface area contributed by atoms with Gasteiger partial charge in [-0.1, -0.05) is 18.2 Å². The first-order chi connectivity index (χ1) is 8.58. The Hall–Kier alpha value is -1.14. The van der Waals surface area contributed by atoms with E-state index in [1.165, 1.54) is 6.07 Å². The van der Waals surface area contributed by atoms with E-state index < -0.39 is 5.82 Å². The number of nitrogens with two attached hydrogens (primary N) is 1. The monoisotopic (exact) mass is 357 g/mol. The van der Waals surface area contributed by atoms with Gasteiger partial charge in [0, 0.05) is 6.04 Å². The number of hydrogen-bond donors (Lipinski definition) is 1. The lowest BCUT2D eigenvalue weighted by Gasteiger charge is -2.11. The van der Waals surface area contributed by atoms with Crippen LogP contribution in [0, 0.1) is 9.39 Å². The fraction of sp³-hybridized carbons (Fsp3) is 0.143. The van der Waals surface area contributed by atoms with E-state index in [1.54, 1.807) is 18.2 Å². The van der Waals surface area contributed by atoms with Crippen LogP contribution in [-0.4, -0.2) is 0 Å². The lowest BCUT2D eigenvalue weighted by atomic mass is 10.1. The van der Waals surface area contributed by atoms with Gasteiger partial charge in [-0.05, 0) is 59.3 Å². The zero-order chi connectivity index (χ0) is 13.1. The molecular formula is C14H13FINO. The molecular weight excluding hydrogens is 344 g/mol. The Balaban J connectivity index is 2.28. The highest BCUT2D eigenvalue weighted by molar-refractivity contribution is 14.1. The van der Waals surface area contributed by atoms with E-state index in [-0.39, 0.29) is 11.8 Å². The molecule has 0 heterocycles. The highest BCUT2D eigenvalue weighted by atomic mass is 127. The molecule has 0 spiro atoms. The van der Waals surface area contributed by atoms with Crippen LogP contribution in [0.4, 0.5) is 4.39 Å². The molecule has 4 heteroatoms. The molecule has 0 radical (unpaired) electrons. The van der Waals surface area contributed by atoms with Gasteiger partial charge in [0.1, 0.15) is 5.75 Å². The summed E-state index contributed by atoms with van der Waals surface area (Å²) < 4.78 is 20.3. The van der Waals surface area contributed by atoms with Gasteiger partial charge in [0.15, 0.2) is 11.6 Å². The summed E-state index contributed by atoms with van der Waals surface area (Å²) in [5.41, 5.74) is 6.45. The Labute approximate surface area is 119 Å². The molecule has 2 aromatic rings. The van der Waals surface area contributed by atoms with Gasteiger partial charge in [0.25, 0.3) is 0 Å². The zero-order valence-electron chi connectivity index (χ0n) is 9.86. The maximum Gasteiger partial charge on any atom is 0.166 e. The summed E-state index contributed by atoms with van der Waals surface area (Å²) in [5.74, 6) is 0.457. The Morgan fingerprint density at radius 1 is 1.17 bits per heavy atom. The van der Waals surface area contributed by atoms with Crippen LogP contribution in [0.1, 0.15) is 18.5 Å². The second kappa shape index (κ2) is 5.67. The number of rotatable bonds is 3. The van der Waals surface area contributed by atoms with Crippen LogP contribution in [0.25, 0.3) is 0 Å². The van der Waals surface area contributed by atoms with Crippen LogP contribution in [0.5, 0.6) is 11.5 Å². The molecule has 0 amide bonds. The molecule has 0 aliphatic heterocycles. The third-order valence-electron chi connectivity index (χ3n) is 2.54. The topological polar surface area (TPSA) is 35.2 Å². The lowest BCUT2D eigenvalue weighted by molar-refractivity contribution is 0.439. The second-order valence-corrected chi connectivity index (χ2v) is 5.17. The van der Waals surface area contributed by atoms with Crippen molar-refractivity contribution >= 4 is 22.6 Å². The van der Waals surface area contributed by atoms with Crippen molar-refractivity contribution in [3.05, 3.63) is 57.4 Å². The molecule has 0 aliphatic rings. The van der Waals surface area contributed by atoms with E-state index >= 15 is 0 Å². The fourth-order valence-corrected chi connectivity index (χ4v) is 2.03. The molecule has 0 unspecified atom stereocenters. The standard InChI is InChI=1S/C14H13FINO/c1-9(17)10-6-7-13(11(15)8-10)18-14-5-3-2-4-12(14)16/h2-9H,17H2,1H3/t9-/m0/s1. The molecule has 1 atom stereocenters. The summed E-state index contributed by atoms with van der Waals surface area (Å²) in [7, 11) is 0. The summed E-state index contributed by atoms with van der Waals surface area (Å²) in [6.45, 7) is 1.81. The van der Waals surface area contributed by atoms with Crippen molar-refractivity contribution in [1.29, 1.82) is 0 Å². The molecule has 0 aliphatic carbocycles. The van der Waals surface area contributed by atoms with Crippen LogP contribution in [0.3, 0.4) is 0 Å². The Bertz CT molecular complexity index is 557. The van der Waals surface area contributed by atoms with Gasteiger partial charge in [-0.3, -0.25) is 0 Å². The van der Waals surface area contributed by atoms with E-state index in [9.17, 15) is 4.39 Å². The van der Waals surface area contributed by atoms with Crippen molar-refractivity contribution in [2.45, 2.75) is 13.0 Å². The van der Waals surface area contributed by atoms with Gasteiger partial charge in [0.05, 0.1) is 3.57 Å². The van der Waals surface area contributed by atoms with Crippen LogP contribution in [0.2, 0.25) is 0 Å². The summed E-state index contributed by atoms with van der Waals surface area (Å²) in [4.78, 5) is 0. The first-order valence-electron chi connectivity index (χ1n) is 5.55. The van der Waals surface area contributed by atoms with Gasteiger partial charge < -0.3 is 10.5 Å². The van der Waals surface area contributed by atoms with Crippen molar-refractivity contribution < 1.29 is 9.13 Å². The summed E-state index contributed by atoms with van der Waals surface area (Å²) in [5, 5.41) is 0. The lowest BCUT2D eigenvalue weighted by Crippen LogP contribution is -2.05. The fourth-order valence-electron chi connectivity index (χ4n) is 1.53. The van der Waals surface area contributed by atoms with Crippen molar-refractivity contribution in [2.75, 3.05) is 0 Å². The largest absolute Gasteiger partial charge is 0.453 e. The zero-order valence-corrected chi connectivity index (χ0v) is 12.0. The smallest absolute Gasteiger partial charge is 0.166 e. The quantitative estimate of drug-likeness (QED) is 0.834. The highest BCUT2D eigenvalue weighted by Crippen LogP contribution is 2.29. The molecule has 0 fully saturated rings. The van der Waals surface area contributed by atoms with Gasteiger partial charge in [0.2, 0.25) is 0 Å². The first kappa shape index (κ1) is 13.3. The van der Waals surface area contributed by atoms with E-state index in [1.807, 2.05) is 25.1 Å². The van der Waals surface area contributed by atoms with Gasteiger partial charge in [-0.25, -0.2) is 4.39 Å². The highest BCUT2D eigenvalue weighted by Gasteiger charge is 2.09. The minimum Gasteiger partial charge on any atom is -0.453 e. The van der Waals surface area contributed by atoms with Crippen LogP contribution in [0.15, 0.2) is 42.5 Å². The van der Waals surface area contributed by atoms with E-state index in [4.69, 9.17) is 10.5 Å². The molecule has 2 rings (SSSR count). The van der Waals surface area contributed by atoms with Crippen LogP contribution < -0.4 is 10.5 Å².